The SMILES string of the molecule is COC(=O)c1cc(C(=O)O)c(C(=O)O)c(C(=O)OC)c1C. The quantitative estimate of drug-likeness (QED) is 0.786. The molecule has 0 spiro atoms. The molecule has 0 aliphatic heterocycles. The van der Waals surface area contributed by atoms with Crippen molar-refractivity contribution in [1.29, 1.82) is 0 Å². The average Bonchev–Trinajstić information content (AvgIpc) is 2.44. The molecule has 1 aromatic carbocycles. The van der Waals surface area contributed by atoms with Crippen LogP contribution in [0, 0.1) is 6.92 Å². The monoisotopic (exact) mass is 296 g/mol. The van der Waals surface area contributed by atoms with Gasteiger partial charge in [0.15, 0.2) is 0 Å². The summed E-state index contributed by atoms with van der Waals surface area (Å²) >= 11 is 0. The Hall–Kier alpha value is -2.90. The molecule has 0 bridgehead atoms. The van der Waals surface area contributed by atoms with Crippen molar-refractivity contribution in [2.45, 2.75) is 6.92 Å². The molecule has 1 rings (SSSR count). The molecule has 0 fully saturated rings. The smallest absolute Gasteiger partial charge is 0.339 e. The molecule has 0 saturated heterocycles. The van der Waals surface area contributed by atoms with Crippen molar-refractivity contribution in [3.05, 3.63) is 33.9 Å². The second kappa shape index (κ2) is 6.04. The molecule has 0 heterocycles. The highest BCUT2D eigenvalue weighted by molar-refractivity contribution is 6.12. The predicted octanol–water partition coefficient (Wildman–Crippen LogP) is 0.965. The summed E-state index contributed by atoms with van der Waals surface area (Å²) in [6.45, 7) is 1.30. The van der Waals surface area contributed by atoms with E-state index >= 15 is 0 Å². The van der Waals surface area contributed by atoms with E-state index in [4.69, 9.17) is 10.2 Å². The maximum atomic E-state index is 11.8. The van der Waals surface area contributed by atoms with Gasteiger partial charge >= 0.3 is 23.9 Å². The molecule has 0 atom stereocenters. The number of carbonyl (C=O) groups is 4. The van der Waals surface area contributed by atoms with Gasteiger partial charge in [0.1, 0.15) is 0 Å². The summed E-state index contributed by atoms with van der Waals surface area (Å²) in [5.74, 6) is -5.16. The van der Waals surface area contributed by atoms with Crippen LogP contribution in [0.2, 0.25) is 0 Å². The van der Waals surface area contributed by atoms with Crippen molar-refractivity contribution in [3.63, 3.8) is 0 Å². The molecule has 0 aliphatic carbocycles. The van der Waals surface area contributed by atoms with E-state index in [1.165, 1.54) is 6.92 Å². The fraction of sp³-hybridized carbons (Fsp3) is 0.231. The summed E-state index contributed by atoms with van der Waals surface area (Å²) in [5.41, 5.74) is -2.19. The Morgan fingerprint density at radius 3 is 1.76 bits per heavy atom. The number of hydrogen-bond donors (Lipinski definition) is 2. The maximum absolute atomic E-state index is 11.8. The summed E-state index contributed by atoms with van der Waals surface area (Å²) in [6.07, 6.45) is 0. The van der Waals surface area contributed by atoms with Gasteiger partial charge in [-0.1, -0.05) is 0 Å². The molecule has 0 saturated carbocycles. The van der Waals surface area contributed by atoms with Crippen LogP contribution in [0.3, 0.4) is 0 Å². The number of rotatable bonds is 4. The molecule has 112 valence electrons. The second-order valence-corrected chi connectivity index (χ2v) is 3.94. The Labute approximate surface area is 118 Å². The number of carbonyl (C=O) groups excluding carboxylic acids is 2. The largest absolute Gasteiger partial charge is 0.478 e. The Morgan fingerprint density at radius 2 is 1.38 bits per heavy atom. The molecule has 1 aromatic rings. The minimum absolute atomic E-state index is 0.0314. The van der Waals surface area contributed by atoms with E-state index in [2.05, 4.69) is 9.47 Å². The lowest BCUT2D eigenvalue weighted by atomic mass is 9.92. The third-order valence-corrected chi connectivity index (χ3v) is 2.83. The second-order valence-electron chi connectivity index (χ2n) is 3.94. The zero-order valence-corrected chi connectivity index (χ0v) is 11.4. The highest BCUT2D eigenvalue weighted by atomic mass is 16.5. The highest BCUT2D eigenvalue weighted by Gasteiger charge is 2.30. The third-order valence-electron chi connectivity index (χ3n) is 2.83. The normalized spacial score (nSPS) is 9.86. The predicted molar refractivity (Wildman–Crippen MR) is 67.8 cm³/mol. The van der Waals surface area contributed by atoms with E-state index in [1.807, 2.05) is 0 Å². The Morgan fingerprint density at radius 1 is 0.857 bits per heavy atom. The molecule has 0 unspecified atom stereocenters. The molecule has 21 heavy (non-hydrogen) atoms. The van der Waals surface area contributed by atoms with Crippen molar-refractivity contribution >= 4 is 23.9 Å². The van der Waals surface area contributed by atoms with E-state index < -0.39 is 40.6 Å². The molecule has 8 nitrogen and oxygen atoms in total. The first kappa shape index (κ1) is 16.2. The zero-order valence-electron chi connectivity index (χ0n) is 11.4. The number of esters is 2. The number of carboxylic acids is 2. The highest BCUT2D eigenvalue weighted by Crippen LogP contribution is 2.25. The van der Waals surface area contributed by atoms with Gasteiger partial charge in [-0.3, -0.25) is 0 Å². The van der Waals surface area contributed by atoms with Crippen molar-refractivity contribution in [3.8, 4) is 0 Å². The van der Waals surface area contributed by atoms with Crippen LogP contribution in [0.25, 0.3) is 0 Å². The standard InChI is InChI=1S/C13H12O8/c1-5-6(12(18)20-2)4-7(10(14)15)9(11(16)17)8(5)13(19)21-3/h4H,1-3H3,(H,14,15)(H,16,17). The lowest BCUT2D eigenvalue weighted by Crippen LogP contribution is -2.20. The van der Waals surface area contributed by atoms with Crippen LogP contribution in [0.4, 0.5) is 0 Å². The summed E-state index contributed by atoms with van der Waals surface area (Å²) in [5, 5.41) is 18.3. The number of carboxylic acid groups (broad SMARTS) is 2. The summed E-state index contributed by atoms with van der Waals surface area (Å²) in [7, 11) is 2.09. The van der Waals surface area contributed by atoms with Gasteiger partial charge in [-0.2, -0.15) is 0 Å². The first-order valence-corrected chi connectivity index (χ1v) is 5.57. The van der Waals surface area contributed by atoms with Crippen molar-refractivity contribution in [2.24, 2.45) is 0 Å². The van der Waals surface area contributed by atoms with Crippen molar-refractivity contribution in [1.82, 2.24) is 0 Å². The topological polar surface area (TPSA) is 127 Å². The lowest BCUT2D eigenvalue weighted by Gasteiger charge is -2.14. The van der Waals surface area contributed by atoms with E-state index in [-0.39, 0.29) is 11.1 Å². The lowest BCUT2D eigenvalue weighted by molar-refractivity contribution is 0.0576. The van der Waals surface area contributed by atoms with E-state index in [1.54, 1.807) is 0 Å². The summed E-state index contributed by atoms with van der Waals surface area (Å²) in [6, 6.07) is 0.861. The van der Waals surface area contributed by atoms with Gasteiger partial charge in [0.05, 0.1) is 36.5 Å². The van der Waals surface area contributed by atoms with Gasteiger partial charge in [-0.05, 0) is 18.6 Å². The minimum atomic E-state index is -1.62. The van der Waals surface area contributed by atoms with Crippen molar-refractivity contribution in [2.75, 3.05) is 14.2 Å². The van der Waals surface area contributed by atoms with Crippen LogP contribution >= 0.6 is 0 Å². The van der Waals surface area contributed by atoms with Gasteiger partial charge in [0.2, 0.25) is 0 Å². The molecular weight excluding hydrogens is 284 g/mol. The number of methoxy groups -OCH3 is 2. The first-order chi connectivity index (χ1) is 9.76. The van der Waals surface area contributed by atoms with Crippen LogP contribution < -0.4 is 0 Å². The number of ether oxygens (including phenoxy) is 2. The van der Waals surface area contributed by atoms with E-state index in [0.717, 1.165) is 20.3 Å². The number of aromatic carboxylic acids is 2. The van der Waals surface area contributed by atoms with Crippen LogP contribution in [0.1, 0.15) is 47.0 Å². The summed E-state index contributed by atoms with van der Waals surface area (Å²) < 4.78 is 8.95. The van der Waals surface area contributed by atoms with Gasteiger partial charge < -0.3 is 19.7 Å². The van der Waals surface area contributed by atoms with Gasteiger partial charge in [0.25, 0.3) is 0 Å². The van der Waals surface area contributed by atoms with Crippen LogP contribution in [0.15, 0.2) is 6.07 Å². The minimum Gasteiger partial charge on any atom is -0.478 e. The van der Waals surface area contributed by atoms with Crippen LogP contribution in [0.5, 0.6) is 0 Å². The van der Waals surface area contributed by atoms with Gasteiger partial charge in [0, 0.05) is 0 Å². The molecule has 0 aliphatic rings. The first-order valence-electron chi connectivity index (χ1n) is 5.57. The fourth-order valence-corrected chi connectivity index (χ4v) is 1.85. The molecule has 2 N–H and O–H groups in total. The van der Waals surface area contributed by atoms with E-state index in [0.29, 0.717) is 0 Å². The Bertz CT molecular complexity index is 644. The Kier molecular flexibility index (Phi) is 4.64. The zero-order chi connectivity index (χ0) is 16.3. The molecular formula is C13H12O8. The maximum Gasteiger partial charge on any atom is 0.339 e. The fourth-order valence-electron chi connectivity index (χ4n) is 1.85. The number of benzene rings is 1. The molecule has 0 radical (unpaired) electrons. The summed E-state index contributed by atoms with van der Waals surface area (Å²) in [4.78, 5) is 45.9. The van der Waals surface area contributed by atoms with Crippen LogP contribution in [-0.4, -0.2) is 48.3 Å². The van der Waals surface area contributed by atoms with Crippen LogP contribution in [-0.2, 0) is 9.47 Å². The van der Waals surface area contributed by atoms with Gasteiger partial charge in [-0.25, -0.2) is 19.2 Å². The molecule has 0 aromatic heterocycles. The van der Waals surface area contributed by atoms with Crippen molar-refractivity contribution < 1.29 is 38.9 Å². The average molecular weight is 296 g/mol. The van der Waals surface area contributed by atoms with E-state index in [9.17, 15) is 19.2 Å². The molecule has 8 heteroatoms. The molecule has 0 amide bonds. The third kappa shape index (κ3) is 2.83. The Balaban J connectivity index is 3.91. The number of hydrogen-bond acceptors (Lipinski definition) is 6. The van der Waals surface area contributed by atoms with Gasteiger partial charge in [-0.15, -0.1) is 0 Å².